The van der Waals surface area contributed by atoms with Crippen molar-refractivity contribution < 1.29 is 41.0 Å². The van der Waals surface area contributed by atoms with Gasteiger partial charge in [-0.05, 0) is 36.4 Å². The zero-order valence-electron chi connectivity index (χ0n) is 19.9. The van der Waals surface area contributed by atoms with Crippen molar-refractivity contribution in [2.45, 2.75) is 12.3 Å². The van der Waals surface area contributed by atoms with Crippen molar-refractivity contribution >= 4 is 23.8 Å². The van der Waals surface area contributed by atoms with Crippen LogP contribution in [-0.2, 0) is 4.79 Å². The van der Waals surface area contributed by atoms with E-state index in [9.17, 15) is 28.0 Å². The average Bonchev–Trinajstić information content (AvgIpc) is 3.21. The molecule has 13 heteroatoms. The molecular weight excluding hydrogens is 527 g/mol. The third-order valence-electron chi connectivity index (χ3n) is 5.87. The lowest BCUT2D eigenvalue weighted by molar-refractivity contribution is -0.274. The highest BCUT2D eigenvalue weighted by Crippen LogP contribution is 2.39. The number of alkyl halides is 3. The molecule has 0 N–H and O–H groups in total. The summed E-state index contributed by atoms with van der Waals surface area (Å²) in [7, 11) is 1.22. The number of halogens is 5. The lowest BCUT2D eigenvalue weighted by Gasteiger charge is -2.17. The van der Waals surface area contributed by atoms with Gasteiger partial charge in [0.15, 0.2) is 5.82 Å². The first kappa shape index (κ1) is 27.2. The van der Waals surface area contributed by atoms with Crippen LogP contribution in [0.3, 0.4) is 0 Å². The predicted octanol–water partition coefficient (Wildman–Crippen LogP) is 4.80. The topological polar surface area (TPSA) is 105 Å². The first-order valence-electron chi connectivity index (χ1n) is 11.2. The van der Waals surface area contributed by atoms with Gasteiger partial charge in [0.1, 0.15) is 29.2 Å². The number of pyridine rings is 1. The number of ether oxygens (including phenoxy) is 2. The molecular formula is C26H17F5N4O4. The third kappa shape index (κ3) is 5.85. The molecule has 1 fully saturated rings. The van der Waals surface area contributed by atoms with Crippen LogP contribution in [0.2, 0.25) is 0 Å². The Kier molecular flexibility index (Phi) is 7.57. The highest BCUT2D eigenvalue weighted by atomic mass is 19.4. The lowest BCUT2D eigenvalue weighted by atomic mass is 9.88. The van der Waals surface area contributed by atoms with Crippen molar-refractivity contribution in [3.63, 3.8) is 0 Å². The number of aromatic nitrogens is 1. The minimum Gasteiger partial charge on any atom is -0.497 e. The number of nitriles is 1. The van der Waals surface area contributed by atoms with Crippen molar-refractivity contribution in [3.8, 4) is 17.6 Å². The van der Waals surface area contributed by atoms with Crippen molar-refractivity contribution in [2.24, 2.45) is 10.9 Å². The molecule has 3 aromatic rings. The summed E-state index contributed by atoms with van der Waals surface area (Å²) >= 11 is 0. The van der Waals surface area contributed by atoms with Crippen LogP contribution in [0.25, 0.3) is 0 Å². The maximum atomic E-state index is 15.0. The van der Waals surface area contributed by atoms with Gasteiger partial charge in [-0.15, -0.1) is 13.2 Å². The normalized spacial score (nSPS) is 17.4. The van der Waals surface area contributed by atoms with Crippen molar-refractivity contribution in [2.75, 3.05) is 18.6 Å². The van der Waals surface area contributed by atoms with Gasteiger partial charge in [0.05, 0.1) is 18.6 Å². The molecule has 0 bridgehead atoms. The molecule has 1 unspecified atom stereocenters. The SMILES string of the molecule is COc1cc(F)c([C@@H]2CN(c3ncccc3C#N)C(=O)C2C=NC(=O)c2ccc(OC(F)(F)F)cc2)c(F)c1. The number of hydrogen-bond acceptors (Lipinski definition) is 6. The fourth-order valence-electron chi connectivity index (χ4n) is 4.14. The number of aliphatic imine (C=N–C) groups is 1. The molecule has 1 aromatic heterocycles. The van der Waals surface area contributed by atoms with Gasteiger partial charge in [-0.25, -0.2) is 18.8 Å². The zero-order valence-corrected chi connectivity index (χ0v) is 19.9. The Hall–Kier alpha value is -4.86. The van der Waals surface area contributed by atoms with E-state index in [4.69, 9.17) is 4.74 Å². The molecule has 8 nitrogen and oxygen atoms in total. The molecule has 0 aliphatic carbocycles. The van der Waals surface area contributed by atoms with E-state index in [0.29, 0.717) is 0 Å². The van der Waals surface area contributed by atoms with Gasteiger partial charge in [-0.3, -0.25) is 14.5 Å². The first-order chi connectivity index (χ1) is 18.5. The van der Waals surface area contributed by atoms with Gasteiger partial charge in [-0.1, -0.05) is 0 Å². The van der Waals surface area contributed by atoms with Crippen molar-refractivity contribution in [3.05, 3.63) is 83.1 Å². The zero-order chi connectivity index (χ0) is 28.3. The van der Waals surface area contributed by atoms with Gasteiger partial charge >= 0.3 is 6.36 Å². The number of carbonyl (C=O) groups excluding carboxylic acids is 2. The minimum atomic E-state index is -4.92. The second-order valence-corrected chi connectivity index (χ2v) is 8.23. The quantitative estimate of drug-likeness (QED) is 0.326. The largest absolute Gasteiger partial charge is 0.573 e. The highest BCUT2D eigenvalue weighted by Gasteiger charge is 2.44. The van der Waals surface area contributed by atoms with Crippen LogP contribution in [0.15, 0.2) is 59.7 Å². The Bertz CT molecular complexity index is 1460. The van der Waals surface area contributed by atoms with E-state index < -0.39 is 53.0 Å². The summed E-state index contributed by atoms with van der Waals surface area (Å²) < 4.78 is 75.8. The van der Waals surface area contributed by atoms with E-state index in [1.54, 1.807) is 0 Å². The van der Waals surface area contributed by atoms with Crippen LogP contribution in [-0.4, -0.2) is 43.0 Å². The van der Waals surface area contributed by atoms with E-state index in [2.05, 4.69) is 14.7 Å². The number of nitrogens with zero attached hydrogens (tertiary/aromatic N) is 4. The molecule has 2 heterocycles. The van der Waals surface area contributed by atoms with Crippen LogP contribution < -0.4 is 14.4 Å². The summed E-state index contributed by atoms with van der Waals surface area (Å²) in [5, 5.41) is 9.44. The average molecular weight is 544 g/mol. The number of benzene rings is 2. The Balaban J connectivity index is 1.69. The molecule has 200 valence electrons. The Morgan fingerprint density at radius 1 is 1.15 bits per heavy atom. The summed E-state index contributed by atoms with van der Waals surface area (Å²) in [5.74, 6) is -6.88. The van der Waals surface area contributed by atoms with Crippen LogP contribution in [0.1, 0.15) is 27.4 Å². The summed E-state index contributed by atoms with van der Waals surface area (Å²) in [5.41, 5.74) is -0.549. The molecule has 1 aliphatic rings. The van der Waals surface area contributed by atoms with Crippen LogP contribution in [0.4, 0.5) is 27.8 Å². The molecule has 1 saturated heterocycles. The molecule has 0 spiro atoms. The van der Waals surface area contributed by atoms with Gasteiger partial charge in [0, 0.05) is 48.1 Å². The summed E-state index contributed by atoms with van der Waals surface area (Å²) in [6.45, 7) is -0.293. The highest BCUT2D eigenvalue weighted by molar-refractivity contribution is 6.10. The molecule has 2 amide bonds. The van der Waals surface area contributed by atoms with Crippen molar-refractivity contribution in [1.82, 2.24) is 4.98 Å². The predicted molar refractivity (Wildman–Crippen MR) is 126 cm³/mol. The minimum absolute atomic E-state index is 0.0354. The molecule has 4 rings (SSSR count). The second-order valence-electron chi connectivity index (χ2n) is 8.23. The van der Waals surface area contributed by atoms with Crippen LogP contribution >= 0.6 is 0 Å². The molecule has 2 atom stereocenters. The Morgan fingerprint density at radius 3 is 2.41 bits per heavy atom. The Morgan fingerprint density at radius 2 is 1.82 bits per heavy atom. The summed E-state index contributed by atoms with van der Waals surface area (Å²) in [4.78, 5) is 34.9. The Labute approximate surface area is 217 Å². The fourth-order valence-corrected chi connectivity index (χ4v) is 4.14. The van der Waals surface area contributed by atoms with Gasteiger partial charge in [0.2, 0.25) is 5.91 Å². The van der Waals surface area contributed by atoms with E-state index in [1.807, 2.05) is 6.07 Å². The summed E-state index contributed by atoms with van der Waals surface area (Å²) in [6.07, 6.45) is -2.66. The van der Waals surface area contributed by atoms with Gasteiger partial charge in [-0.2, -0.15) is 5.26 Å². The number of rotatable bonds is 6. The third-order valence-corrected chi connectivity index (χ3v) is 5.87. The number of hydrogen-bond donors (Lipinski definition) is 0. The maximum Gasteiger partial charge on any atom is 0.573 e. The number of amides is 2. The molecule has 0 radical (unpaired) electrons. The number of methoxy groups -OCH3 is 1. The fraction of sp³-hybridized carbons (Fsp3) is 0.192. The molecule has 0 saturated carbocycles. The lowest BCUT2D eigenvalue weighted by Crippen LogP contribution is -2.29. The molecule has 2 aromatic carbocycles. The first-order valence-corrected chi connectivity index (χ1v) is 11.2. The molecule has 39 heavy (non-hydrogen) atoms. The van der Waals surface area contributed by atoms with Crippen molar-refractivity contribution in [1.29, 1.82) is 5.26 Å². The second kappa shape index (κ2) is 10.9. The van der Waals surface area contributed by atoms with Gasteiger partial charge in [0.25, 0.3) is 5.91 Å². The van der Waals surface area contributed by atoms with E-state index >= 15 is 8.78 Å². The van der Waals surface area contributed by atoms with E-state index in [0.717, 1.165) is 47.5 Å². The van der Waals surface area contributed by atoms with E-state index in [-0.39, 0.29) is 29.2 Å². The van der Waals surface area contributed by atoms with Crippen LogP contribution in [0, 0.1) is 28.9 Å². The van der Waals surface area contributed by atoms with E-state index in [1.165, 1.54) is 25.4 Å². The molecule has 1 aliphatic heterocycles. The van der Waals surface area contributed by atoms with Crippen LogP contribution in [0.5, 0.6) is 11.5 Å². The van der Waals surface area contributed by atoms with Gasteiger partial charge < -0.3 is 9.47 Å². The smallest absolute Gasteiger partial charge is 0.497 e. The standard InChI is InChI=1S/C26H17F5N4O4/c1-38-17-9-20(27)22(21(28)10-17)19-13-35(23-15(11-32)3-2-8-33-23)25(37)18(19)12-34-24(36)14-4-6-16(7-5-14)39-26(29,30)31/h2-10,12,18-19H,13H2,1H3/t18?,19-/m1/s1. The maximum absolute atomic E-state index is 15.0. The number of anilines is 1. The number of carbonyl (C=O) groups is 2. The monoisotopic (exact) mass is 544 g/mol. The summed E-state index contributed by atoms with van der Waals surface area (Å²) in [6, 6.07) is 10.6.